The lowest BCUT2D eigenvalue weighted by Gasteiger charge is -2.00. The fourth-order valence-electron chi connectivity index (χ4n) is 1.43. The topological polar surface area (TPSA) is 30.2 Å². The molecule has 0 saturated heterocycles. The summed E-state index contributed by atoms with van der Waals surface area (Å²) in [5.41, 5.74) is 1.00. The lowest BCUT2D eigenvalue weighted by molar-refractivity contribution is -0.121. The second-order valence-corrected chi connectivity index (χ2v) is 4.82. The summed E-state index contributed by atoms with van der Waals surface area (Å²) in [6, 6.07) is 2.00. The van der Waals surface area contributed by atoms with Crippen LogP contribution in [0.25, 0.3) is 0 Å². The van der Waals surface area contributed by atoms with Gasteiger partial charge in [0.25, 0.3) is 0 Å². The predicted octanol–water partition coefficient (Wildman–Crippen LogP) is 3.25. The van der Waals surface area contributed by atoms with Gasteiger partial charge in [-0.1, -0.05) is 27.7 Å². The van der Waals surface area contributed by atoms with E-state index < -0.39 is 0 Å². The zero-order valence-electron chi connectivity index (χ0n) is 10.0. The van der Waals surface area contributed by atoms with Crippen molar-refractivity contribution in [3.8, 4) is 0 Å². The molecule has 0 spiro atoms. The summed E-state index contributed by atoms with van der Waals surface area (Å²) in [5, 5.41) is 0. The number of hydrogen-bond donors (Lipinski definition) is 0. The molecule has 1 aromatic rings. The lowest BCUT2D eigenvalue weighted by Crippen LogP contribution is -2.09. The Morgan fingerprint density at radius 3 is 2.53 bits per heavy atom. The first-order valence-corrected chi connectivity index (χ1v) is 5.58. The van der Waals surface area contributed by atoms with Crippen molar-refractivity contribution in [2.24, 2.45) is 11.8 Å². The van der Waals surface area contributed by atoms with E-state index >= 15 is 0 Å². The largest absolute Gasteiger partial charge is 0.469 e. The van der Waals surface area contributed by atoms with Crippen LogP contribution in [0, 0.1) is 11.8 Å². The van der Waals surface area contributed by atoms with Gasteiger partial charge < -0.3 is 4.42 Å². The number of carbonyl (C=O) groups excluding carboxylic acids is 1. The Bertz CT molecular complexity index is 321. The van der Waals surface area contributed by atoms with Gasteiger partial charge in [0.05, 0.1) is 6.26 Å². The number of furan rings is 1. The van der Waals surface area contributed by atoms with Crippen LogP contribution in [0.15, 0.2) is 16.7 Å². The van der Waals surface area contributed by atoms with E-state index in [0.29, 0.717) is 12.3 Å². The van der Waals surface area contributed by atoms with E-state index in [1.165, 1.54) is 0 Å². The molecule has 2 nitrogen and oxygen atoms in total. The van der Waals surface area contributed by atoms with Crippen LogP contribution in [0.3, 0.4) is 0 Å². The maximum atomic E-state index is 11.5. The third-order valence-electron chi connectivity index (χ3n) is 2.34. The van der Waals surface area contributed by atoms with Crippen molar-refractivity contribution in [3.05, 3.63) is 23.7 Å². The molecule has 15 heavy (non-hydrogen) atoms. The van der Waals surface area contributed by atoms with Crippen molar-refractivity contribution in [1.82, 2.24) is 0 Å². The van der Waals surface area contributed by atoms with E-state index in [0.717, 1.165) is 17.7 Å². The Kier molecular flexibility index (Phi) is 4.13. The van der Waals surface area contributed by atoms with E-state index in [9.17, 15) is 4.79 Å². The Hall–Kier alpha value is -1.05. The van der Waals surface area contributed by atoms with Crippen molar-refractivity contribution in [3.63, 3.8) is 0 Å². The number of hydrogen-bond acceptors (Lipinski definition) is 2. The summed E-state index contributed by atoms with van der Waals surface area (Å²) in [5.74, 6) is 1.95. The minimum atomic E-state index is 0.105. The summed E-state index contributed by atoms with van der Waals surface area (Å²) in [4.78, 5) is 11.5. The van der Waals surface area contributed by atoms with E-state index in [1.54, 1.807) is 6.26 Å². The molecule has 0 aromatic carbocycles. The van der Waals surface area contributed by atoms with Crippen LogP contribution >= 0.6 is 0 Å². The normalized spacial score (nSPS) is 11.3. The van der Waals surface area contributed by atoms with Crippen molar-refractivity contribution in [2.75, 3.05) is 0 Å². The van der Waals surface area contributed by atoms with Crippen molar-refractivity contribution < 1.29 is 9.21 Å². The van der Waals surface area contributed by atoms with Crippen LogP contribution < -0.4 is 0 Å². The first kappa shape index (κ1) is 12.0. The number of rotatable bonds is 5. The van der Waals surface area contributed by atoms with Gasteiger partial charge in [0.2, 0.25) is 0 Å². The van der Waals surface area contributed by atoms with Crippen molar-refractivity contribution in [1.29, 1.82) is 0 Å². The number of carbonyl (C=O) groups is 1. The molecule has 0 aliphatic carbocycles. The smallest absolute Gasteiger partial charge is 0.139 e. The number of ketones is 1. The Balaban J connectivity index is 2.56. The second-order valence-electron chi connectivity index (χ2n) is 4.82. The summed E-state index contributed by atoms with van der Waals surface area (Å²) in [6.45, 7) is 8.16. The van der Waals surface area contributed by atoms with Crippen LogP contribution in [0.2, 0.25) is 0 Å². The van der Waals surface area contributed by atoms with Gasteiger partial charge in [0, 0.05) is 18.8 Å². The van der Waals surface area contributed by atoms with Gasteiger partial charge in [0.1, 0.15) is 11.5 Å². The molecular formula is C13H20O2. The summed E-state index contributed by atoms with van der Waals surface area (Å²) in [6.07, 6.45) is 3.15. The molecule has 0 aliphatic heterocycles. The molecule has 1 heterocycles. The molecule has 0 unspecified atom stereocenters. The third-order valence-corrected chi connectivity index (χ3v) is 2.34. The highest BCUT2D eigenvalue weighted by atomic mass is 16.3. The SMILES string of the molecule is CC(C)Cc1cc(CC(=O)C(C)C)co1. The van der Waals surface area contributed by atoms with Crippen molar-refractivity contribution >= 4 is 5.78 Å². The van der Waals surface area contributed by atoms with Gasteiger partial charge >= 0.3 is 0 Å². The highest BCUT2D eigenvalue weighted by Gasteiger charge is 2.11. The van der Waals surface area contributed by atoms with E-state index in [2.05, 4.69) is 13.8 Å². The van der Waals surface area contributed by atoms with Gasteiger partial charge in [-0.05, 0) is 17.5 Å². The molecule has 0 atom stereocenters. The van der Waals surface area contributed by atoms with Gasteiger partial charge in [-0.2, -0.15) is 0 Å². The lowest BCUT2D eigenvalue weighted by atomic mass is 10.0. The van der Waals surface area contributed by atoms with E-state index in [4.69, 9.17) is 4.42 Å². The van der Waals surface area contributed by atoms with Crippen LogP contribution in [0.4, 0.5) is 0 Å². The average Bonchev–Trinajstić information content (AvgIpc) is 2.51. The van der Waals surface area contributed by atoms with Gasteiger partial charge in [-0.25, -0.2) is 0 Å². The van der Waals surface area contributed by atoms with Crippen LogP contribution in [-0.2, 0) is 17.6 Å². The number of Topliss-reactive ketones (excluding diaryl/α,β-unsaturated/α-hetero) is 1. The van der Waals surface area contributed by atoms with Gasteiger partial charge in [-0.15, -0.1) is 0 Å². The predicted molar refractivity (Wildman–Crippen MR) is 60.8 cm³/mol. The molecule has 1 rings (SSSR count). The quantitative estimate of drug-likeness (QED) is 0.743. The highest BCUT2D eigenvalue weighted by Crippen LogP contribution is 2.14. The maximum absolute atomic E-state index is 11.5. The third kappa shape index (κ3) is 3.90. The average molecular weight is 208 g/mol. The molecule has 0 saturated carbocycles. The zero-order valence-corrected chi connectivity index (χ0v) is 10.0. The standard InChI is InChI=1S/C13H20O2/c1-9(2)5-12-6-11(8-15-12)7-13(14)10(3)4/h6,8-10H,5,7H2,1-4H3. The fraction of sp³-hybridized carbons (Fsp3) is 0.615. The summed E-state index contributed by atoms with van der Waals surface area (Å²) >= 11 is 0. The molecular weight excluding hydrogens is 188 g/mol. The van der Waals surface area contributed by atoms with E-state index in [-0.39, 0.29) is 11.7 Å². The molecule has 0 bridgehead atoms. The van der Waals surface area contributed by atoms with Crippen molar-refractivity contribution in [2.45, 2.75) is 40.5 Å². The second kappa shape index (κ2) is 5.15. The van der Waals surface area contributed by atoms with Gasteiger partial charge in [-0.3, -0.25) is 4.79 Å². The van der Waals surface area contributed by atoms with Gasteiger partial charge in [0.15, 0.2) is 0 Å². The molecule has 0 aliphatic rings. The fourth-order valence-corrected chi connectivity index (χ4v) is 1.43. The monoisotopic (exact) mass is 208 g/mol. The Labute approximate surface area is 91.7 Å². The molecule has 2 heteroatoms. The highest BCUT2D eigenvalue weighted by molar-refractivity contribution is 5.82. The minimum absolute atomic E-state index is 0.105. The first-order valence-electron chi connectivity index (χ1n) is 5.58. The minimum Gasteiger partial charge on any atom is -0.469 e. The van der Waals surface area contributed by atoms with Crippen LogP contribution in [0.5, 0.6) is 0 Å². The molecule has 0 amide bonds. The summed E-state index contributed by atoms with van der Waals surface area (Å²) < 4.78 is 5.40. The van der Waals surface area contributed by atoms with Crippen LogP contribution in [-0.4, -0.2) is 5.78 Å². The molecule has 1 aromatic heterocycles. The summed E-state index contributed by atoms with van der Waals surface area (Å²) in [7, 11) is 0. The maximum Gasteiger partial charge on any atom is 0.139 e. The van der Waals surface area contributed by atoms with E-state index in [1.807, 2.05) is 19.9 Å². The Morgan fingerprint density at radius 2 is 2.00 bits per heavy atom. The Morgan fingerprint density at radius 1 is 1.33 bits per heavy atom. The zero-order chi connectivity index (χ0) is 11.4. The molecule has 84 valence electrons. The first-order chi connectivity index (χ1) is 6.99. The van der Waals surface area contributed by atoms with Crippen LogP contribution in [0.1, 0.15) is 39.0 Å². The molecule has 0 fully saturated rings. The molecule has 0 N–H and O–H groups in total. The molecule has 0 radical (unpaired) electrons.